The van der Waals surface area contributed by atoms with Gasteiger partial charge >= 0.3 is 6.09 Å². The Labute approximate surface area is 168 Å². The number of rotatable bonds is 2. The van der Waals surface area contributed by atoms with Crippen LogP contribution in [0.4, 0.5) is 10.5 Å². The molecule has 1 N–H and O–H groups in total. The molecule has 0 radical (unpaired) electrons. The topological polar surface area (TPSA) is 85.6 Å². The largest absolute Gasteiger partial charge is 0.464 e. The summed E-state index contributed by atoms with van der Waals surface area (Å²) in [6, 6.07) is 9.34. The summed E-state index contributed by atoms with van der Waals surface area (Å²) in [5.41, 5.74) is 1.57. The van der Waals surface area contributed by atoms with Crippen LogP contribution in [0.15, 0.2) is 41.0 Å². The van der Waals surface area contributed by atoms with E-state index in [1.165, 1.54) is 0 Å². The van der Waals surface area contributed by atoms with Crippen molar-refractivity contribution in [1.82, 2.24) is 0 Å². The van der Waals surface area contributed by atoms with Gasteiger partial charge in [-0.15, -0.1) is 0 Å². The Balaban J connectivity index is 1.71. The van der Waals surface area contributed by atoms with E-state index in [0.29, 0.717) is 24.1 Å². The molecular weight excluding hydrogens is 370 g/mol. The first-order valence-electron chi connectivity index (χ1n) is 9.69. The van der Waals surface area contributed by atoms with Crippen LogP contribution in [0.2, 0.25) is 0 Å². The van der Waals surface area contributed by atoms with E-state index >= 15 is 0 Å². The smallest absolute Gasteiger partial charge is 0.412 e. The predicted octanol–water partition coefficient (Wildman–Crippen LogP) is 5.34. The highest BCUT2D eigenvalue weighted by atomic mass is 16.6. The quantitative estimate of drug-likeness (QED) is 0.594. The Hall–Kier alpha value is -3.15. The average Bonchev–Trinajstić information content (AvgIpc) is 3.04. The molecule has 6 nitrogen and oxygen atoms in total. The summed E-state index contributed by atoms with van der Waals surface area (Å²) in [4.78, 5) is 36.1. The lowest BCUT2D eigenvalue weighted by atomic mass is 9.81. The van der Waals surface area contributed by atoms with Crippen LogP contribution >= 0.6 is 0 Å². The number of nitrogens with one attached hydrogen (secondary N) is 1. The molecule has 2 aromatic carbocycles. The molecule has 150 valence electrons. The highest BCUT2D eigenvalue weighted by Crippen LogP contribution is 2.38. The van der Waals surface area contributed by atoms with Gasteiger partial charge in [0.25, 0.3) is 0 Å². The number of amides is 1. The van der Waals surface area contributed by atoms with Gasteiger partial charge in [-0.1, -0.05) is 12.1 Å². The second kappa shape index (κ2) is 7.03. The van der Waals surface area contributed by atoms with E-state index in [1.54, 1.807) is 12.3 Å². The molecule has 1 aromatic heterocycles. The van der Waals surface area contributed by atoms with Gasteiger partial charge in [0, 0.05) is 29.0 Å². The van der Waals surface area contributed by atoms with E-state index in [9.17, 15) is 14.4 Å². The lowest BCUT2D eigenvalue weighted by Gasteiger charge is -2.20. The Morgan fingerprint density at radius 1 is 1.17 bits per heavy atom. The van der Waals surface area contributed by atoms with Crippen molar-refractivity contribution < 1.29 is 23.5 Å². The Kier molecular flexibility index (Phi) is 4.65. The van der Waals surface area contributed by atoms with Gasteiger partial charge in [-0.2, -0.15) is 0 Å². The molecule has 0 aliphatic heterocycles. The van der Waals surface area contributed by atoms with Crippen molar-refractivity contribution >= 4 is 45.1 Å². The lowest BCUT2D eigenvalue weighted by molar-refractivity contribution is -0.130. The van der Waals surface area contributed by atoms with Gasteiger partial charge in [-0.3, -0.25) is 14.9 Å². The fraction of sp³-hybridized carbons (Fsp3) is 0.348. The molecule has 1 saturated carbocycles. The number of carbonyl (C=O) groups excluding carboxylic acids is 3. The maximum absolute atomic E-state index is 12.4. The molecule has 1 aliphatic rings. The highest BCUT2D eigenvalue weighted by Gasteiger charge is 2.31. The normalized spacial score (nSPS) is 17.7. The number of Topliss-reactive ketones (excluding diaryl/α,β-unsaturated/α-hetero) is 2. The van der Waals surface area contributed by atoms with Crippen molar-refractivity contribution in [3.63, 3.8) is 0 Å². The van der Waals surface area contributed by atoms with Gasteiger partial charge in [-0.25, -0.2) is 4.79 Å². The number of ether oxygens (including phenoxy) is 1. The highest BCUT2D eigenvalue weighted by molar-refractivity contribution is 6.12. The number of benzene rings is 2. The molecule has 3 aromatic rings. The van der Waals surface area contributed by atoms with Crippen molar-refractivity contribution in [2.75, 3.05) is 5.32 Å². The molecular formula is C23H23NO5. The van der Waals surface area contributed by atoms with Crippen LogP contribution in [-0.4, -0.2) is 23.3 Å². The van der Waals surface area contributed by atoms with Crippen LogP contribution in [0.5, 0.6) is 0 Å². The van der Waals surface area contributed by atoms with Crippen molar-refractivity contribution in [2.45, 2.75) is 51.6 Å². The zero-order chi connectivity index (χ0) is 20.8. The van der Waals surface area contributed by atoms with Gasteiger partial charge in [-0.05, 0) is 56.2 Å². The van der Waals surface area contributed by atoms with E-state index in [2.05, 4.69) is 5.32 Å². The van der Waals surface area contributed by atoms with E-state index in [-0.39, 0.29) is 23.9 Å². The van der Waals surface area contributed by atoms with E-state index in [4.69, 9.17) is 9.15 Å². The van der Waals surface area contributed by atoms with E-state index < -0.39 is 11.7 Å². The third-order valence-corrected chi connectivity index (χ3v) is 5.08. The fourth-order valence-corrected chi connectivity index (χ4v) is 3.85. The van der Waals surface area contributed by atoms with Crippen molar-refractivity contribution in [3.8, 4) is 0 Å². The van der Waals surface area contributed by atoms with Gasteiger partial charge in [0.05, 0.1) is 12.7 Å². The first-order chi connectivity index (χ1) is 13.7. The molecule has 1 amide bonds. The minimum absolute atomic E-state index is 0.00164. The molecule has 1 atom stereocenters. The summed E-state index contributed by atoms with van der Waals surface area (Å²) in [6.45, 7) is 5.43. The maximum atomic E-state index is 12.4. The third-order valence-electron chi connectivity index (χ3n) is 5.08. The third kappa shape index (κ3) is 3.88. The molecule has 1 heterocycles. The summed E-state index contributed by atoms with van der Waals surface area (Å²) in [6.07, 6.45) is 2.04. The van der Waals surface area contributed by atoms with Crippen LogP contribution in [-0.2, 0) is 14.3 Å². The number of carbonyl (C=O) groups is 3. The van der Waals surface area contributed by atoms with E-state index in [0.717, 1.165) is 21.7 Å². The number of fused-ring (bicyclic) bond motifs is 3. The zero-order valence-corrected chi connectivity index (χ0v) is 16.7. The molecule has 29 heavy (non-hydrogen) atoms. The molecule has 1 fully saturated rings. The van der Waals surface area contributed by atoms with Gasteiger partial charge in [0.1, 0.15) is 22.8 Å². The number of hydrogen-bond donors (Lipinski definition) is 1. The first kappa shape index (κ1) is 19.2. The average molecular weight is 393 g/mol. The zero-order valence-electron chi connectivity index (χ0n) is 16.7. The Morgan fingerprint density at radius 3 is 2.69 bits per heavy atom. The number of furan rings is 1. The molecule has 0 bridgehead atoms. The van der Waals surface area contributed by atoms with Gasteiger partial charge in [0.2, 0.25) is 0 Å². The summed E-state index contributed by atoms with van der Waals surface area (Å²) in [5.74, 6) is -0.370. The van der Waals surface area contributed by atoms with Crippen LogP contribution in [0.3, 0.4) is 0 Å². The first-order valence-corrected chi connectivity index (χ1v) is 9.69. The number of anilines is 1. The molecule has 4 rings (SSSR count). The van der Waals surface area contributed by atoms with E-state index in [1.807, 2.05) is 45.0 Å². The minimum Gasteiger partial charge on any atom is -0.464 e. The summed E-state index contributed by atoms with van der Waals surface area (Å²) in [5, 5.41) is 5.48. The Bertz CT molecular complexity index is 1140. The minimum atomic E-state index is -0.577. The van der Waals surface area contributed by atoms with Crippen molar-refractivity contribution in [1.29, 1.82) is 0 Å². The van der Waals surface area contributed by atoms with Crippen LogP contribution in [0, 0.1) is 0 Å². The monoisotopic (exact) mass is 393 g/mol. The van der Waals surface area contributed by atoms with Crippen LogP contribution in [0.25, 0.3) is 21.7 Å². The van der Waals surface area contributed by atoms with Crippen LogP contribution < -0.4 is 5.32 Å². The standard InChI is InChI=1S/C23H23NO5/c1-23(2,3)29-22(27)24-14-5-7-16-13(10-14)4-9-20-21(16)18(12-28-20)17-8-6-15(25)11-19(17)26/h4-5,7,9-10,12,17H,6,8,11H2,1-3H3,(H,24,27)/t17-/m0/s1. The molecule has 0 saturated heterocycles. The van der Waals surface area contributed by atoms with Gasteiger partial charge < -0.3 is 9.15 Å². The van der Waals surface area contributed by atoms with Crippen LogP contribution in [0.1, 0.15) is 51.5 Å². The molecule has 6 heteroatoms. The lowest BCUT2D eigenvalue weighted by Crippen LogP contribution is -2.27. The maximum Gasteiger partial charge on any atom is 0.412 e. The molecule has 0 spiro atoms. The Morgan fingerprint density at radius 2 is 1.97 bits per heavy atom. The predicted molar refractivity (Wildman–Crippen MR) is 110 cm³/mol. The van der Waals surface area contributed by atoms with Gasteiger partial charge in [0.15, 0.2) is 0 Å². The molecule has 1 aliphatic carbocycles. The number of hydrogen-bond acceptors (Lipinski definition) is 5. The summed E-state index contributed by atoms with van der Waals surface area (Å²) in [7, 11) is 0. The second-order valence-electron chi connectivity index (χ2n) is 8.47. The summed E-state index contributed by atoms with van der Waals surface area (Å²) >= 11 is 0. The summed E-state index contributed by atoms with van der Waals surface area (Å²) < 4.78 is 11.0. The second-order valence-corrected chi connectivity index (χ2v) is 8.47. The SMILES string of the molecule is CC(C)(C)OC(=O)Nc1ccc2c(ccc3occ([C@@H]4CCC(=O)CC4=O)c32)c1. The van der Waals surface area contributed by atoms with Crippen molar-refractivity contribution in [2.24, 2.45) is 0 Å². The fourth-order valence-electron chi connectivity index (χ4n) is 3.85. The molecule has 0 unspecified atom stereocenters. The van der Waals surface area contributed by atoms with Crippen molar-refractivity contribution in [3.05, 3.63) is 42.2 Å². The number of ketones is 2.